The lowest BCUT2D eigenvalue weighted by Crippen LogP contribution is -2.38. The van der Waals surface area contributed by atoms with Gasteiger partial charge in [0.1, 0.15) is 5.82 Å². The first-order valence-electron chi connectivity index (χ1n) is 8.27. The van der Waals surface area contributed by atoms with Crippen LogP contribution in [0.1, 0.15) is 26.2 Å². The van der Waals surface area contributed by atoms with Gasteiger partial charge in [0, 0.05) is 35.9 Å². The highest BCUT2D eigenvalue weighted by atomic mass is 15.2. The van der Waals surface area contributed by atoms with E-state index in [1.807, 2.05) is 18.2 Å². The van der Waals surface area contributed by atoms with Crippen LogP contribution in [0.2, 0.25) is 0 Å². The normalized spacial score (nSPS) is 18.3. The molecule has 3 aromatic rings. The van der Waals surface area contributed by atoms with Gasteiger partial charge in [-0.05, 0) is 50.5 Å². The summed E-state index contributed by atoms with van der Waals surface area (Å²) in [5.74, 6) is 1.84. The van der Waals surface area contributed by atoms with E-state index in [1.54, 1.807) is 12.4 Å². The van der Waals surface area contributed by atoms with E-state index in [0.717, 1.165) is 34.7 Å². The van der Waals surface area contributed by atoms with Crippen LogP contribution in [0, 0.1) is 0 Å². The number of fused-ring (bicyclic) bond motifs is 1. The Bertz CT molecular complexity index is 816. The van der Waals surface area contributed by atoms with Crippen LogP contribution in [0.25, 0.3) is 22.3 Å². The molecule has 4 rings (SSSR count). The number of nitrogens with zero attached hydrogens (tertiary/aromatic N) is 4. The smallest absolute Gasteiger partial charge is 0.162 e. The number of rotatable bonds is 2. The Kier molecular flexibility index (Phi) is 3.66. The highest BCUT2D eigenvalue weighted by molar-refractivity contribution is 5.91. The fraction of sp³-hybridized carbons (Fsp3) is 0.316. The van der Waals surface area contributed by atoms with Gasteiger partial charge < -0.3 is 4.90 Å². The molecule has 0 unspecified atom stereocenters. The topological polar surface area (TPSA) is 41.9 Å². The number of aromatic nitrogens is 3. The molecular weight excluding hydrogens is 284 g/mol. The molecule has 0 N–H and O–H groups in total. The molecule has 0 spiro atoms. The van der Waals surface area contributed by atoms with Crippen LogP contribution in [0.15, 0.2) is 48.8 Å². The maximum atomic E-state index is 4.93. The van der Waals surface area contributed by atoms with E-state index in [2.05, 4.69) is 35.0 Å². The van der Waals surface area contributed by atoms with Crippen LogP contribution < -0.4 is 4.90 Å². The largest absolute Gasteiger partial charge is 0.353 e. The maximum absolute atomic E-state index is 4.93. The van der Waals surface area contributed by atoms with Gasteiger partial charge in [-0.1, -0.05) is 12.1 Å². The first kappa shape index (κ1) is 14.1. The van der Waals surface area contributed by atoms with E-state index in [0.29, 0.717) is 6.04 Å². The molecule has 1 atom stereocenters. The number of piperidine rings is 1. The molecule has 4 nitrogen and oxygen atoms in total. The molecule has 0 bridgehead atoms. The van der Waals surface area contributed by atoms with Crippen LogP contribution in [0.3, 0.4) is 0 Å². The van der Waals surface area contributed by atoms with Gasteiger partial charge in [-0.15, -0.1) is 0 Å². The van der Waals surface area contributed by atoms with Gasteiger partial charge in [-0.3, -0.25) is 4.98 Å². The molecule has 0 saturated carbocycles. The second-order valence-corrected chi connectivity index (χ2v) is 6.16. The molecule has 0 aliphatic carbocycles. The monoisotopic (exact) mass is 304 g/mol. The molecule has 3 heterocycles. The molecule has 1 saturated heterocycles. The van der Waals surface area contributed by atoms with Crippen LogP contribution in [-0.2, 0) is 0 Å². The highest BCUT2D eigenvalue weighted by Gasteiger charge is 2.22. The van der Waals surface area contributed by atoms with Gasteiger partial charge in [-0.25, -0.2) is 9.97 Å². The van der Waals surface area contributed by atoms with Crippen molar-refractivity contribution >= 4 is 16.7 Å². The van der Waals surface area contributed by atoms with Crippen LogP contribution in [0.4, 0.5) is 5.82 Å². The highest BCUT2D eigenvalue weighted by Crippen LogP contribution is 2.31. The Labute approximate surface area is 136 Å². The predicted octanol–water partition coefficient (Wildman–Crippen LogP) is 4.07. The SMILES string of the molecule is C[C@@H]1CCCCN1c1nc(-c2ccncc2)nc2ccccc12. The van der Waals surface area contributed by atoms with Crippen molar-refractivity contribution in [2.24, 2.45) is 0 Å². The van der Waals surface area contributed by atoms with Crippen molar-refractivity contribution in [3.05, 3.63) is 48.8 Å². The van der Waals surface area contributed by atoms with E-state index >= 15 is 0 Å². The third-order valence-corrected chi connectivity index (χ3v) is 4.60. The van der Waals surface area contributed by atoms with E-state index in [9.17, 15) is 0 Å². The molecule has 1 aliphatic rings. The summed E-state index contributed by atoms with van der Waals surface area (Å²) < 4.78 is 0. The summed E-state index contributed by atoms with van der Waals surface area (Å²) in [7, 11) is 0. The molecule has 1 aliphatic heterocycles. The third-order valence-electron chi connectivity index (χ3n) is 4.60. The number of benzene rings is 1. The number of para-hydroxylation sites is 1. The second kappa shape index (κ2) is 5.95. The summed E-state index contributed by atoms with van der Waals surface area (Å²) in [4.78, 5) is 16.2. The minimum absolute atomic E-state index is 0.521. The molecule has 0 amide bonds. The zero-order chi connectivity index (χ0) is 15.6. The van der Waals surface area contributed by atoms with Crippen molar-refractivity contribution in [1.29, 1.82) is 0 Å². The molecule has 1 aromatic carbocycles. The minimum Gasteiger partial charge on any atom is -0.353 e. The van der Waals surface area contributed by atoms with Crippen molar-refractivity contribution in [2.75, 3.05) is 11.4 Å². The Morgan fingerprint density at radius 3 is 2.65 bits per heavy atom. The van der Waals surface area contributed by atoms with Gasteiger partial charge in [-0.2, -0.15) is 0 Å². The molecular formula is C19H20N4. The van der Waals surface area contributed by atoms with E-state index in [4.69, 9.17) is 9.97 Å². The molecule has 2 aromatic heterocycles. The molecule has 116 valence electrons. The van der Waals surface area contributed by atoms with E-state index in [-0.39, 0.29) is 0 Å². The summed E-state index contributed by atoms with van der Waals surface area (Å²) in [5, 5.41) is 1.14. The van der Waals surface area contributed by atoms with Crippen molar-refractivity contribution in [1.82, 2.24) is 15.0 Å². The van der Waals surface area contributed by atoms with Crippen LogP contribution >= 0.6 is 0 Å². The summed E-state index contributed by atoms with van der Waals surface area (Å²) in [6, 6.07) is 12.8. The van der Waals surface area contributed by atoms with Crippen LogP contribution in [-0.4, -0.2) is 27.5 Å². The van der Waals surface area contributed by atoms with Gasteiger partial charge >= 0.3 is 0 Å². The molecule has 23 heavy (non-hydrogen) atoms. The quantitative estimate of drug-likeness (QED) is 0.715. The lowest BCUT2D eigenvalue weighted by atomic mass is 10.0. The van der Waals surface area contributed by atoms with Crippen LogP contribution in [0.5, 0.6) is 0 Å². The Morgan fingerprint density at radius 2 is 1.83 bits per heavy atom. The van der Waals surface area contributed by atoms with Crippen molar-refractivity contribution in [2.45, 2.75) is 32.2 Å². The summed E-state index contributed by atoms with van der Waals surface area (Å²) >= 11 is 0. The minimum atomic E-state index is 0.521. The average Bonchev–Trinajstić information content (AvgIpc) is 2.62. The molecule has 0 radical (unpaired) electrons. The Morgan fingerprint density at radius 1 is 1.00 bits per heavy atom. The Balaban J connectivity index is 1.91. The fourth-order valence-electron chi connectivity index (χ4n) is 3.32. The van der Waals surface area contributed by atoms with Crippen molar-refractivity contribution < 1.29 is 0 Å². The zero-order valence-corrected chi connectivity index (χ0v) is 13.3. The second-order valence-electron chi connectivity index (χ2n) is 6.16. The maximum Gasteiger partial charge on any atom is 0.162 e. The molecule has 4 heteroatoms. The van der Waals surface area contributed by atoms with Crippen molar-refractivity contribution in [3.8, 4) is 11.4 Å². The van der Waals surface area contributed by atoms with Gasteiger partial charge in [0.25, 0.3) is 0 Å². The summed E-state index contributed by atoms with van der Waals surface area (Å²) in [6.45, 7) is 3.36. The summed E-state index contributed by atoms with van der Waals surface area (Å²) in [6.07, 6.45) is 7.34. The Hall–Kier alpha value is -2.49. The standard InChI is InChI=1S/C19H20N4/c1-14-6-4-5-13-23(14)19-16-7-2-3-8-17(16)21-18(22-19)15-9-11-20-12-10-15/h2-3,7-12,14H,4-6,13H2,1H3/t14-/m1/s1. The van der Waals surface area contributed by atoms with Gasteiger partial charge in [0.2, 0.25) is 0 Å². The number of hydrogen-bond acceptors (Lipinski definition) is 4. The first-order chi connectivity index (χ1) is 11.3. The summed E-state index contributed by atoms with van der Waals surface area (Å²) in [5.41, 5.74) is 2.01. The van der Waals surface area contributed by atoms with Gasteiger partial charge in [0.05, 0.1) is 5.52 Å². The van der Waals surface area contributed by atoms with E-state index in [1.165, 1.54) is 19.3 Å². The number of hydrogen-bond donors (Lipinski definition) is 0. The lowest BCUT2D eigenvalue weighted by molar-refractivity contribution is 0.482. The van der Waals surface area contributed by atoms with Crippen molar-refractivity contribution in [3.63, 3.8) is 0 Å². The van der Waals surface area contributed by atoms with Gasteiger partial charge in [0.15, 0.2) is 5.82 Å². The molecule has 1 fully saturated rings. The fourth-order valence-corrected chi connectivity index (χ4v) is 3.32. The lowest BCUT2D eigenvalue weighted by Gasteiger charge is -2.35. The van der Waals surface area contributed by atoms with E-state index < -0.39 is 0 Å². The number of pyridine rings is 1. The average molecular weight is 304 g/mol. The predicted molar refractivity (Wildman–Crippen MR) is 93.4 cm³/mol. The third kappa shape index (κ3) is 2.65. The first-order valence-corrected chi connectivity index (χ1v) is 8.27. The number of anilines is 1. The zero-order valence-electron chi connectivity index (χ0n) is 13.3.